The molecule has 1 N–H and O–H groups in total. The average molecular weight is 328 g/mol. The second-order valence-electron chi connectivity index (χ2n) is 5.49. The molecule has 0 fully saturated rings. The summed E-state index contributed by atoms with van der Waals surface area (Å²) in [4.78, 5) is 22.4. The molecule has 0 heterocycles. The van der Waals surface area contributed by atoms with Crippen molar-refractivity contribution < 1.29 is 14.5 Å². The van der Waals surface area contributed by atoms with Crippen LogP contribution in [0.15, 0.2) is 48.5 Å². The minimum absolute atomic E-state index is 0.0299. The maximum Gasteiger partial charge on any atom is 0.272 e. The van der Waals surface area contributed by atoms with Crippen LogP contribution in [-0.2, 0) is 11.2 Å². The Morgan fingerprint density at radius 3 is 2.58 bits per heavy atom. The Kier molecular flexibility index (Phi) is 5.89. The lowest BCUT2D eigenvalue weighted by molar-refractivity contribution is -0.385. The number of amides is 1. The molecule has 6 nitrogen and oxygen atoms in total. The first-order chi connectivity index (χ1) is 11.5. The largest absolute Gasteiger partial charge is 0.481 e. The molecule has 24 heavy (non-hydrogen) atoms. The number of hydrogen-bond acceptors (Lipinski definition) is 4. The lowest BCUT2D eigenvalue weighted by atomic mass is 10.1. The molecule has 0 spiro atoms. The highest BCUT2D eigenvalue weighted by atomic mass is 16.6. The van der Waals surface area contributed by atoms with E-state index in [4.69, 9.17) is 4.74 Å². The minimum atomic E-state index is -0.679. The van der Waals surface area contributed by atoms with Crippen molar-refractivity contribution in [1.29, 1.82) is 0 Å². The van der Waals surface area contributed by atoms with Gasteiger partial charge in [-0.25, -0.2) is 0 Å². The van der Waals surface area contributed by atoms with Crippen LogP contribution in [0.25, 0.3) is 0 Å². The molecule has 0 saturated heterocycles. The van der Waals surface area contributed by atoms with Crippen molar-refractivity contribution in [2.24, 2.45) is 0 Å². The lowest BCUT2D eigenvalue weighted by Gasteiger charge is -2.15. The molecule has 1 amide bonds. The van der Waals surface area contributed by atoms with Gasteiger partial charge in [-0.3, -0.25) is 14.9 Å². The summed E-state index contributed by atoms with van der Waals surface area (Å²) in [5.74, 6) is 0.214. The molecule has 2 aromatic rings. The van der Waals surface area contributed by atoms with E-state index in [1.807, 2.05) is 30.3 Å². The number of ether oxygens (including phenoxy) is 1. The molecule has 0 aliphatic carbocycles. The molecule has 1 atom stereocenters. The van der Waals surface area contributed by atoms with Gasteiger partial charge in [-0.2, -0.15) is 0 Å². The van der Waals surface area contributed by atoms with Crippen LogP contribution in [0.5, 0.6) is 5.75 Å². The maximum absolute atomic E-state index is 12.1. The molecule has 0 unspecified atom stereocenters. The Labute approximate surface area is 140 Å². The number of nitro benzene ring substituents is 1. The Balaban J connectivity index is 1.85. The minimum Gasteiger partial charge on any atom is -0.481 e. The van der Waals surface area contributed by atoms with Gasteiger partial charge < -0.3 is 10.1 Å². The van der Waals surface area contributed by atoms with Gasteiger partial charge in [0.25, 0.3) is 11.6 Å². The topological polar surface area (TPSA) is 81.5 Å². The van der Waals surface area contributed by atoms with Gasteiger partial charge in [-0.05, 0) is 38.0 Å². The van der Waals surface area contributed by atoms with Crippen LogP contribution in [0.2, 0.25) is 0 Å². The second-order valence-corrected chi connectivity index (χ2v) is 5.49. The standard InChI is InChI=1S/C18H20N2O4/c1-13-12-16(8-9-17(13)20(22)23)24-14(2)18(21)19-11-10-15-6-4-3-5-7-15/h3-9,12,14H,10-11H2,1-2H3,(H,19,21)/t14-/m1/s1. The van der Waals surface area contributed by atoms with Gasteiger partial charge in [0, 0.05) is 18.2 Å². The van der Waals surface area contributed by atoms with Crippen molar-refractivity contribution in [3.8, 4) is 5.75 Å². The van der Waals surface area contributed by atoms with E-state index in [2.05, 4.69) is 5.32 Å². The predicted octanol–water partition coefficient (Wildman–Crippen LogP) is 3.03. The van der Waals surface area contributed by atoms with Crippen molar-refractivity contribution >= 4 is 11.6 Å². The summed E-state index contributed by atoms with van der Waals surface area (Å²) < 4.78 is 5.56. The third-order valence-corrected chi connectivity index (χ3v) is 3.60. The van der Waals surface area contributed by atoms with Crippen LogP contribution in [0.3, 0.4) is 0 Å². The third kappa shape index (κ3) is 4.81. The number of aryl methyl sites for hydroxylation is 1. The lowest BCUT2D eigenvalue weighted by Crippen LogP contribution is -2.37. The number of hydrogen-bond donors (Lipinski definition) is 1. The highest BCUT2D eigenvalue weighted by Gasteiger charge is 2.16. The Bertz CT molecular complexity index is 716. The van der Waals surface area contributed by atoms with Gasteiger partial charge in [-0.1, -0.05) is 30.3 Å². The van der Waals surface area contributed by atoms with E-state index in [1.54, 1.807) is 19.9 Å². The van der Waals surface area contributed by atoms with Crippen molar-refractivity contribution in [3.05, 3.63) is 69.8 Å². The first kappa shape index (κ1) is 17.5. The number of nitrogens with zero attached hydrogens (tertiary/aromatic N) is 1. The van der Waals surface area contributed by atoms with Crippen molar-refractivity contribution in [2.45, 2.75) is 26.4 Å². The van der Waals surface area contributed by atoms with Gasteiger partial charge in [0.05, 0.1) is 4.92 Å². The SMILES string of the molecule is Cc1cc(O[C@H](C)C(=O)NCCc2ccccc2)ccc1[N+](=O)[O-]. The molecule has 0 aliphatic rings. The van der Waals surface area contributed by atoms with E-state index < -0.39 is 11.0 Å². The van der Waals surface area contributed by atoms with Gasteiger partial charge in [0.2, 0.25) is 0 Å². The highest BCUT2D eigenvalue weighted by molar-refractivity contribution is 5.80. The van der Waals surface area contributed by atoms with Crippen LogP contribution in [0.1, 0.15) is 18.1 Å². The van der Waals surface area contributed by atoms with Crippen molar-refractivity contribution in [2.75, 3.05) is 6.54 Å². The average Bonchev–Trinajstić information content (AvgIpc) is 2.55. The Morgan fingerprint density at radius 2 is 1.96 bits per heavy atom. The van der Waals surface area contributed by atoms with Crippen molar-refractivity contribution in [3.63, 3.8) is 0 Å². The molecule has 0 aliphatic heterocycles. The van der Waals surface area contributed by atoms with Gasteiger partial charge in [0.1, 0.15) is 5.75 Å². The molecule has 0 saturated carbocycles. The molecular formula is C18H20N2O4. The van der Waals surface area contributed by atoms with E-state index in [1.165, 1.54) is 12.1 Å². The van der Waals surface area contributed by atoms with Crippen LogP contribution in [0, 0.1) is 17.0 Å². The zero-order valence-corrected chi connectivity index (χ0v) is 13.7. The van der Waals surface area contributed by atoms with Crippen LogP contribution in [0.4, 0.5) is 5.69 Å². The smallest absolute Gasteiger partial charge is 0.272 e. The van der Waals surface area contributed by atoms with E-state index in [-0.39, 0.29) is 11.6 Å². The fourth-order valence-corrected chi connectivity index (χ4v) is 2.28. The van der Waals surface area contributed by atoms with E-state index in [0.717, 1.165) is 12.0 Å². The summed E-state index contributed by atoms with van der Waals surface area (Å²) in [7, 11) is 0. The first-order valence-corrected chi connectivity index (χ1v) is 7.70. The van der Waals surface area contributed by atoms with E-state index in [0.29, 0.717) is 17.9 Å². The summed E-state index contributed by atoms with van der Waals surface area (Å²) in [6.07, 6.45) is 0.0669. The monoisotopic (exact) mass is 328 g/mol. The molecular weight excluding hydrogens is 308 g/mol. The highest BCUT2D eigenvalue weighted by Crippen LogP contribution is 2.23. The third-order valence-electron chi connectivity index (χ3n) is 3.60. The zero-order chi connectivity index (χ0) is 17.5. The fraction of sp³-hybridized carbons (Fsp3) is 0.278. The zero-order valence-electron chi connectivity index (χ0n) is 13.7. The maximum atomic E-state index is 12.1. The van der Waals surface area contributed by atoms with Crippen molar-refractivity contribution in [1.82, 2.24) is 5.32 Å². The number of nitrogens with one attached hydrogen (secondary N) is 1. The molecule has 126 valence electrons. The fourth-order valence-electron chi connectivity index (χ4n) is 2.28. The molecule has 0 radical (unpaired) electrons. The number of rotatable bonds is 7. The summed E-state index contributed by atoms with van der Waals surface area (Å²) in [5.41, 5.74) is 1.67. The molecule has 0 aromatic heterocycles. The Morgan fingerprint density at radius 1 is 1.25 bits per heavy atom. The van der Waals surface area contributed by atoms with Gasteiger partial charge in [-0.15, -0.1) is 0 Å². The normalized spacial score (nSPS) is 11.6. The van der Waals surface area contributed by atoms with E-state index >= 15 is 0 Å². The summed E-state index contributed by atoms with van der Waals surface area (Å²) in [6.45, 7) is 3.81. The number of carbonyl (C=O) groups is 1. The summed E-state index contributed by atoms with van der Waals surface area (Å²) in [5, 5.41) is 13.6. The van der Waals surface area contributed by atoms with Gasteiger partial charge in [0.15, 0.2) is 6.10 Å². The summed E-state index contributed by atoms with van der Waals surface area (Å²) >= 11 is 0. The molecule has 2 rings (SSSR count). The molecule has 6 heteroatoms. The van der Waals surface area contributed by atoms with Gasteiger partial charge >= 0.3 is 0 Å². The van der Waals surface area contributed by atoms with Crippen LogP contribution >= 0.6 is 0 Å². The molecule has 2 aromatic carbocycles. The summed E-state index contributed by atoms with van der Waals surface area (Å²) in [6, 6.07) is 14.3. The Hall–Kier alpha value is -2.89. The first-order valence-electron chi connectivity index (χ1n) is 7.70. The molecule has 0 bridgehead atoms. The number of nitro groups is 1. The van der Waals surface area contributed by atoms with Crippen LogP contribution in [-0.4, -0.2) is 23.5 Å². The van der Waals surface area contributed by atoms with E-state index in [9.17, 15) is 14.9 Å². The number of benzene rings is 2. The second kappa shape index (κ2) is 8.10. The number of carbonyl (C=O) groups excluding carboxylic acids is 1. The quantitative estimate of drug-likeness (QED) is 0.625. The predicted molar refractivity (Wildman–Crippen MR) is 91.1 cm³/mol. The van der Waals surface area contributed by atoms with Crippen LogP contribution < -0.4 is 10.1 Å².